The van der Waals surface area contributed by atoms with Crippen LogP contribution >= 0.6 is 11.3 Å². The summed E-state index contributed by atoms with van der Waals surface area (Å²) < 4.78 is 13.0. The molecule has 0 aliphatic rings. The third-order valence-corrected chi connectivity index (χ3v) is 5.16. The van der Waals surface area contributed by atoms with Gasteiger partial charge < -0.3 is 11.1 Å². The number of primary amides is 1. The first-order valence-corrected chi connectivity index (χ1v) is 9.11. The van der Waals surface area contributed by atoms with Gasteiger partial charge in [0.05, 0.1) is 10.7 Å². The molecule has 27 heavy (non-hydrogen) atoms. The largest absolute Gasteiger partial charge is 0.366 e. The van der Waals surface area contributed by atoms with Gasteiger partial charge in [0.15, 0.2) is 0 Å². The van der Waals surface area contributed by atoms with E-state index in [-0.39, 0.29) is 11.7 Å². The van der Waals surface area contributed by atoms with Crippen molar-refractivity contribution in [3.8, 4) is 0 Å². The Balaban J connectivity index is 1.63. The minimum atomic E-state index is -0.487. The Labute approximate surface area is 160 Å². The molecule has 3 rings (SSSR count). The zero-order valence-corrected chi connectivity index (χ0v) is 15.5. The number of nitrogens with two attached hydrogens (primary N) is 1. The number of rotatable bonds is 6. The van der Waals surface area contributed by atoms with Gasteiger partial charge in [-0.1, -0.05) is 24.3 Å². The molecule has 1 heterocycles. The highest BCUT2D eigenvalue weighted by atomic mass is 32.1. The van der Waals surface area contributed by atoms with Crippen LogP contribution in [-0.4, -0.2) is 16.8 Å². The van der Waals surface area contributed by atoms with E-state index in [0.717, 1.165) is 16.1 Å². The highest BCUT2D eigenvalue weighted by Gasteiger charge is 2.15. The van der Waals surface area contributed by atoms with E-state index in [9.17, 15) is 14.0 Å². The number of hydrogen-bond donors (Lipinski definition) is 2. The van der Waals surface area contributed by atoms with Gasteiger partial charge in [-0.3, -0.25) is 9.59 Å². The van der Waals surface area contributed by atoms with Crippen LogP contribution in [0.2, 0.25) is 0 Å². The summed E-state index contributed by atoms with van der Waals surface area (Å²) in [5.74, 6) is -0.966. The second-order valence-corrected chi connectivity index (χ2v) is 7.15. The molecule has 0 saturated heterocycles. The molecule has 7 heteroatoms. The van der Waals surface area contributed by atoms with Crippen LogP contribution in [0.5, 0.6) is 0 Å². The van der Waals surface area contributed by atoms with Gasteiger partial charge in [0.25, 0.3) is 5.91 Å². The van der Waals surface area contributed by atoms with Crippen LogP contribution in [0.25, 0.3) is 0 Å². The first kappa shape index (κ1) is 18.7. The minimum Gasteiger partial charge on any atom is -0.366 e. The average Bonchev–Trinajstić information content (AvgIpc) is 3.02. The van der Waals surface area contributed by atoms with Crippen LogP contribution in [0.4, 0.5) is 4.39 Å². The number of amides is 2. The molecule has 0 radical (unpaired) electrons. The maximum absolute atomic E-state index is 13.0. The van der Waals surface area contributed by atoms with E-state index >= 15 is 0 Å². The molecule has 2 amide bonds. The molecule has 5 nitrogen and oxygen atoms in total. The molecule has 3 N–H and O–H groups in total. The summed E-state index contributed by atoms with van der Waals surface area (Å²) in [7, 11) is 0. The van der Waals surface area contributed by atoms with E-state index in [2.05, 4.69) is 10.3 Å². The Bertz CT molecular complexity index is 966. The van der Waals surface area contributed by atoms with Crippen molar-refractivity contribution in [1.29, 1.82) is 0 Å². The lowest BCUT2D eigenvalue weighted by molar-refractivity contribution is 0.0952. The molecule has 0 aliphatic heterocycles. The molecular formula is C20H18FN3O2S. The maximum Gasteiger partial charge on any atom is 0.263 e. The summed E-state index contributed by atoms with van der Waals surface area (Å²) in [6, 6.07) is 13.0. The normalized spacial score (nSPS) is 10.6. The quantitative estimate of drug-likeness (QED) is 0.685. The van der Waals surface area contributed by atoms with Gasteiger partial charge in [-0.15, -0.1) is 11.3 Å². The Morgan fingerprint density at radius 1 is 1.07 bits per heavy atom. The Morgan fingerprint density at radius 2 is 1.70 bits per heavy atom. The van der Waals surface area contributed by atoms with Gasteiger partial charge in [-0.05, 0) is 42.3 Å². The summed E-state index contributed by atoms with van der Waals surface area (Å²) >= 11 is 1.33. The van der Waals surface area contributed by atoms with Crippen molar-refractivity contribution in [2.75, 3.05) is 0 Å². The third kappa shape index (κ3) is 4.77. The molecule has 0 spiro atoms. The zero-order chi connectivity index (χ0) is 19.4. The molecule has 3 aromatic rings. The van der Waals surface area contributed by atoms with E-state index < -0.39 is 5.91 Å². The van der Waals surface area contributed by atoms with Gasteiger partial charge in [-0.25, -0.2) is 9.37 Å². The van der Waals surface area contributed by atoms with E-state index in [0.29, 0.717) is 29.1 Å². The van der Waals surface area contributed by atoms with Crippen LogP contribution < -0.4 is 11.1 Å². The van der Waals surface area contributed by atoms with Crippen molar-refractivity contribution in [3.63, 3.8) is 0 Å². The molecule has 0 fully saturated rings. The molecule has 138 valence electrons. The monoisotopic (exact) mass is 383 g/mol. The van der Waals surface area contributed by atoms with Crippen LogP contribution in [0.3, 0.4) is 0 Å². The number of thiazole rings is 1. The van der Waals surface area contributed by atoms with Crippen LogP contribution in [0.1, 0.15) is 41.9 Å². The number of carbonyl (C=O) groups excluding carboxylic acids is 2. The highest BCUT2D eigenvalue weighted by molar-refractivity contribution is 7.13. The number of aryl methyl sites for hydroxylation is 1. The predicted octanol–water partition coefficient (Wildman–Crippen LogP) is 3.21. The van der Waals surface area contributed by atoms with Crippen molar-refractivity contribution < 1.29 is 14.0 Å². The number of hydrogen-bond acceptors (Lipinski definition) is 4. The van der Waals surface area contributed by atoms with Crippen molar-refractivity contribution >= 4 is 23.2 Å². The molecular weight excluding hydrogens is 365 g/mol. The summed E-state index contributed by atoms with van der Waals surface area (Å²) in [6.45, 7) is 2.13. The number of benzene rings is 2. The fraction of sp³-hybridized carbons (Fsp3) is 0.150. The molecule has 2 aromatic carbocycles. The van der Waals surface area contributed by atoms with Gasteiger partial charge in [0.1, 0.15) is 10.7 Å². The standard InChI is InChI=1S/C20H18FN3O2S/c1-12-18(27-17(24-12)10-13-4-8-16(21)9-5-13)20(26)23-11-14-2-6-15(7-3-14)19(22)25/h2-9H,10-11H2,1H3,(H2,22,25)(H,23,26). The van der Waals surface area contributed by atoms with Crippen LogP contribution in [0.15, 0.2) is 48.5 Å². The first-order valence-electron chi connectivity index (χ1n) is 8.30. The molecule has 0 atom stereocenters. The topological polar surface area (TPSA) is 85.1 Å². The number of nitrogens with one attached hydrogen (secondary N) is 1. The fourth-order valence-electron chi connectivity index (χ4n) is 2.56. The zero-order valence-electron chi connectivity index (χ0n) is 14.7. The van der Waals surface area contributed by atoms with Crippen LogP contribution in [0, 0.1) is 12.7 Å². The summed E-state index contributed by atoms with van der Waals surface area (Å²) in [6.07, 6.45) is 0.549. The second kappa shape index (κ2) is 8.09. The molecule has 0 aliphatic carbocycles. The maximum atomic E-state index is 13.0. The molecule has 0 saturated carbocycles. The van der Waals surface area contributed by atoms with E-state index in [4.69, 9.17) is 5.73 Å². The van der Waals surface area contributed by atoms with Crippen molar-refractivity contribution in [3.05, 3.63) is 86.6 Å². The van der Waals surface area contributed by atoms with Crippen molar-refractivity contribution in [2.45, 2.75) is 19.9 Å². The van der Waals surface area contributed by atoms with Gasteiger partial charge in [0, 0.05) is 18.5 Å². The SMILES string of the molecule is Cc1nc(Cc2ccc(F)cc2)sc1C(=O)NCc1ccc(C(N)=O)cc1. The van der Waals surface area contributed by atoms with Crippen molar-refractivity contribution in [2.24, 2.45) is 5.73 Å². The molecule has 0 bridgehead atoms. The fourth-order valence-corrected chi connectivity index (χ4v) is 3.58. The predicted molar refractivity (Wildman–Crippen MR) is 102 cm³/mol. The highest BCUT2D eigenvalue weighted by Crippen LogP contribution is 2.21. The third-order valence-electron chi connectivity index (χ3n) is 4.01. The second-order valence-electron chi connectivity index (χ2n) is 6.07. The number of carbonyl (C=O) groups is 2. The summed E-state index contributed by atoms with van der Waals surface area (Å²) in [5, 5.41) is 3.66. The lowest BCUT2D eigenvalue weighted by Gasteiger charge is -2.05. The minimum absolute atomic E-state index is 0.200. The molecule has 1 aromatic heterocycles. The van der Waals surface area contributed by atoms with Gasteiger partial charge in [-0.2, -0.15) is 0 Å². The summed E-state index contributed by atoms with van der Waals surface area (Å²) in [5.41, 5.74) is 8.10. The summed E-state index contributed by atoms with van der Waals surface area (Å²) in [4.78, 5) is 28.5. The van der Waals surface area contributed by atoms with Gasteiger partial charge >= 0.3 is 0 Å². The van der Waals surface area contributed by atoms with Crippen LogP contribution in [-0.2, 0) is 13.0 Å². The van der Waals surface area contributed by atoms with Gasteiger partial charge in [0.2, 0.25) is 5.91 Å². The van der Waals surface area contributed by atoms with E-state index in [1.165, 1.54) is 23.5 Å². The number of nitrogens with zero attached hydrogens (tertiary/aromatic N) is 1. The lowest BCUT2D eigenvalue weighted by atomic mass is 10.1. The van der Waals surface area contributed by atoms with E-state index in [1.807, 2.05) is 0 Å². The lowest BCUT2D eigenvalue weighted by Crippen LogP contribution is -2.22. The Kier molecular flexibility index (Phi) is 5.61. The molecule has 0 unspecified atom stereocenters. The number of halogens is 1. The first-order chi connectivity index (χ1) is 12.9. The Morgan fingerprint density at radius 3 is 2.33 bits per heavy atom. The smallest absolute Gasteiger partial charge is 0.263 e. The Hall–Kier alpha value is -3.06. The van der Waals surface area contributed by atoms with E-state index in [1.54, 1.807) is 43.3 Å². The average molecular weight is 383 g/mol. The van der Waals surface area contributed by atoms with Crippen molar-refractivity contribution in [1.82, 2.24) is 10.3 Å². The number of aromatic nitrogens is 1.